The molecule has 0 aliphatic rings. The summed E-state index contributed by atoms with van der Waals surface area (Å²) in [4.78, 5) is 110. The molecule has 68 heavy (non-hydrogen) atoms. The molecule has 0 fully saturated rings. The summed E-state index contributed by atoms with van der Waals surface area (Å²) in [7, 11) is 0. The van der Waals surface area contributed by atoms with Crippen LogP contribution >= 0.6 is 0 Å². The van der Waals surface area contributed by atoms with Gasteiger partial charge in [0.15, 0.2) is 30.0 Å². The van der Waals surface area contributed by atoms with Crippen molar-refractivity contribution >= 4 is 83.6 Å². The number of aliphatic hydroxyl groups is 1. The second-order valence-electron chi connectivity index (χ2n) is 13.7. The Kier molecular flexibility index (Phi) is 19.8. The molecule has 0 aromatic heterocycles. The molecule has 7 atom stereocenters. The van der Waals surface area contributed by atoms with Gasteiger partial charge in [0.25, 0.3) is 35.4 Å². The topological polar surface area (TPSA) is 534 Å². The summed E-state index contributed by atoms with van der Waals surface area (Å²) in [5.74, 6) is -12.0. The fourth-order valence-corrected chi connectivity index (χ4v) is 5.22. The third-order valence-electron chi connectivity index (χ3n) is 8.31. The quantitative estimate of drug-likeness (QED) is 0.0192. The molecular weight excluding hydrogens is 891 g/mol. The molecule has 0 saturated carbocycles. The van der Waals surface area contributed by atoms with Crippen molar-refractivity contribution in [1.82, 2.24) is 31.9 Å². The van der Waals surface area contributed by atoms with Gasteiger partial charge in [0.05, 0.1) is 0 Å². The van der Waals surface area contributed by atoms with Gasteiger partial charge in [0, 0.05) is 6.21 Å². The first-order chi connectivity index (χ1) is 32.1. The zero-order chi connectivity index (χ0) is 50.5. The fourth-order valence-electron chi connectivity index (χ4n) is 5.22. The Morgan fingerprint density at radius 3 is 1.19 bits per heavy atom. The number of carbonyl (C=O) groups excluding carboxylic acids is 7. The Labute approximate surface area is 386 Å². The molecule has 3 rings (SSSR count). The first-order valence-electron chi connectivity index (χ1n) is 19.4. The number of nitrogens with two attached hydrogens (primary N) is 10. The summed E-state index contributed by atoms with van der Waals surface area (Å²) in [5, 5.41) is 23.3. The summed E-state index contributed by atoms with van der Waals surface area (Å²) < 4.78 is 0. The average Bonchev–Trinajstić information content (AvgIpc) is 3.28. The summed E-state index contributed by atoms with van der Waals surface area (Å²) in [6.45, 7) is 0. The molecule has 0 bridgehead atoms. The minimum Gasteiger partial charge on any atom is -0.370 e. The number of rotatable bonds is 22. The first kappa shape index (κ1) is 52.7. The van der Waals surface area contributed by atoms with Crippen LogP contribution in [0.4, 0.5) is 0 Å². The fraction of sp³-hybridized carbons (Fsp3) is 0.179. The van der Waals surface area contributed by atoms with Gasteiger partial charge in [-0.1, -0.05) is 97.1 Å². The number of hydrogen-bond acceptors (Lipinski definition) is 14. The van der Waals surface area contributed by atoms with Crippen molar-refractivity contribution in [2.45, 2.75) is 43.1 Å². The molecule has 7 amide bonds. The maximum atomic E-state index is 13.9. The van der Waals surface area contributed by atoms with E-state index in [9.17, 15) is 38.7 Å². The van der Waals surface area contributed by atoms with Crippen LogP contribution in [0.1, 0.15) is 28.3 Å². The van der Waals surface area contributed by atoms with Crippen molar-refractivity contribution in [3.63, 3.8) is 0 Å². The minimum atomic E-state index is -2.18. The lowest BCUT2D eigenvalue weighted by Gasteiger charge is -2.24. The van der Waals surface area contributed by atoms with E-state index in [1.807, 2.05) is 58.4 Å². The highest BCUT2D eigenvalue weighted by Crippen LogP contribution is 2.15. The van der Waals surface area contributed by atoms with Crippen LogP contribution in [0.2, 0.25) is 0 Å². The zero-order valence-electron chi connectivity index (χ0n) is 35.7. The standard InChI is InChI=1S/C39H51N21O8/c40-23(24(41)61)52-30(63)25(57-36(42)43)54-32(65)27(59-38(46)47)56-33(66)28(60-39(48)49)55-31(64)26(58-37(44)45)53-29(62)22(21-9-5-2-6-10-21)51-35(68)34(67)50-17-20-15-13-19(14-16-20)12-11-18-7-3-1-4-8-18/h1-17,22-23,25-28,34,67H,40H2,(H2,41,61)(H,51,68)(H,52,63)(H,53,62)(H,54,65)(H,55,64)(H,56,66)(H4,42,43,57)(H4,44,45,58)(H4,46,47,59)(H4,48,49,60)/b12-11+,50-17+. The second-order valence-corrected chi connectivity index (χ2v) is 13.7. The lowest BCUT2D eigenvalue weighted by molar-refractivity contribution is -0.136. The maximum absolute atomic E-state index is 13.9. The Balaban J connectivity index is 1.82. The Hall–Kier alpha value is -9.64. The van der Waals surface area contributed by atoms with Crippen molar-refractivity contribution in [3.8, 4) is 0 Å². The Bertz CT molecular complexity index is 2450. The molecular formula is C39H51N21O8. The second kappa shape index (κ2) is 25.6. The molecule has 27 N–H and O–H groups in total. The molecule has 0 saturated heterocycles. The van der Waals surface area contributed by atoms with Crippen molar-refractivity contribution in [2.24, 2.45) is 82.3 Å². The van der Waals surface area contributed by atoms with Gasteiger partial charge in [0.2, 0.25) is 36.8 Å². The van der Waals surface area contributed by atoms with E-state index in [-0.39, 0.29) is 5.56 Å². The van der Waals surface area contributed by atoms with Gasteiger partial charge < -0.3 is 94.3 Å². The van der Waals surface area contributed by atoms with E-state index in [0.717, 1.165) is 11.1 Å². The van der Waals surface area contributed by atoms with E-state index < -0.39 is 108 Å². The summed E-state index contributed by atoms with van der Waals surface area (Å²) in [6, 6.07) is 22.5. The highest BCUT2D eigenvalue weighted by molar-refractivity contribution is 5.99. The molecule has 29 nitrogen and oxygen atoms in total. The summed E-state index contributed by atoms with van der Waals surface area (Å²) in [5.41, 5.74) is 56.7. The van der Waals surface area contributed by atoms with Gasteiger partial charge in [-0.15, -0.1) is 0 Å². The maximum Gasteiger partial charge on any atom is 0.272 e. The van der Waals surface area contributed by atoms with Crippen LogP contribution in [-0.2, 0) is 33.6 Å². The van der Waals surface area contributed by atoms with Crippen LogP contribution in [0.25, 0.3) is 12.2 Å². The highest BCUT2D eigenvalue weighted by atomic mass is 16.3. The van der Waals surface area contributed by atoms with Crippen LogP contribution in [0.3, 0.4) is 0 Å². The van der Waals surface area contributed by atoms with Crippen LogP contribution in [0.5, 0.6) is 0 Å². The molecule has 0 aliphatic heterocycles. The third-order valence-corrected chi connectivity index (χ3v) is 8.31. The molecule has 3 aromatic carbocycles. The largest absolute Gasteiger partial charge is 0.370 e. The number of aliphatic imine (C=N–C) groups is 5. The van der Waals surface area contributed by atoms with Crippen LogP contribution in [-0.4, -0.2) is 114 Å². The van der Waals surface area contributed by atoms with Gasteiger partial charge in [0.1, 0.15) is 6.04 Å². The van der Waals surface area contributed by atoms with E-state index in [0.29, 0.717) is 5.56 Å². The van der Waals surface area contributed by atoms with Crippen molar-refractivity contribution in [1.29, 1.82) is 0 Å². The molecule has 7 unspecified atom stereocenters. The first-order valence-corrected chi connectivity index (χ1v) is 19.4. The van der Waals surface area contributed by atoms with E-state index >= 15 is 0 Å². The summed E-state index contributed by atoms with van der Waals surface area (Å²) in [6.07, 6.45) is -7.18. The Morgan fingerprint density at radius 1 is 0.441 bits per heavy atom. The van der Waals surface area contributed by atoms with Crippen molar-refractivity contribution in [3.05, 3.63) is 107 Å². The van der Waals surface area contributed by atoms with Gasteiger partial charge in [-0.05, 0) is 22.3 Å². The number of aliphatic hydroxyl groups excluding tert-OH is 1. The number of hydrogen-bond donors (Lipinski definition) is 17. The van der Waals surface area contributed by atoms with Crippen LogP contribution in [0, 0.1) is 0 Å². The van der Waals surface area contributed by atoms with Gasteiger partial charge >= 0.3 is 0 Å². The van der Waals surface area contributed by atoms with E-state index in [1.54, 1.807) is 30.3 Å². The molecule has 360 valence electrons. The van der Waals surface area contributed by atoms with Crippen LogP contribution < -0.4 is 89.2 Å². The number of guanidine groups is 4. The minimum absolute atomic E-state index is 0.148. The average molecular weight is 942 g/mol. The Morgan fingerprint density at radius 2 is 0.794 bits per heavy atom. The number of nitrogens with zero attached hydrogens (tertiary/aromatic N) is 5. The number of benzene rings is 3. The molecule has 0 radical (unpaired) electrons. The molecule has 0 spiro atoms. The zero-order valence-corrected chi connectivity index (χ0v) is 35.7. The van der Waals surface area contributed by atoms with Crippen molar-refractivity contribution < 1.29 is 38.7 Å². The van der Waals surface area contributed by atoms with Crippen molar-refractivity contribution in [2.75, 3.05) is 0 Å². The van der Waals surface area contributed by atoms with E-state index in [4.69, 9.17) is 57.3 Å². The predicted octanol–water partition coefficient (Wildman–Crippen LogP) is -7.80. The molecule has 3 aromatic rings. The summed E-state index contributed by atoms with van der Waals surface area (Å²) >= 11 is 0. The van der Waals surface area contributed by atoms with E-state index in [1.165, 1.54) is 30.5 Å². The monoisotopic (exact) mass is 941 g/mol. The smallest absolute Gasteiger partial charge is 0.272 e. The number of amides is 7. The lowest BCUT2D eigenvalue weighted by Crippen LogP contribution is -2.60. The van der Waals surface area contributed by atoms with E-state index in [2.05, 4.69) is 40.9 Å². The SMILES string of the molecule is NC(=O)C(N)NC(=O)C(N=C(N)N)NC(=O)C(N=C(N)N)NC(=O)C(N=C(N)N)NC(=O)C(N=C(N)N)NC(=O)C(NC(=O)C(O)/N=C/c1ccc(/C=C/c2ccccc2)cc1)c1ccccc1. The normalized spacial score (nSPS) is 13.9. The third kappa shape index (κ3) is 17.9. The molecule has 0 heterocycles. The predicted molar refractivity (Wildman–Crippen MR) is 249 cm³/mol. The highest BCUT2D eigenvalue weighted by Gasteiger charge is 2.34. The van der Waals surface area contributed by atoms with Gasteiger partial charge in [-0.25, -0.2) is 20.0 Å². The van der Waals surface area contributed by atoms with Gasteiger partial charge in [-0.3, -0.25) is 38.6 Å². The lowest BCUT2D eigenvalue weighted by atomic mass is 10.1. The number of carbonyl (C=O) groups is 7. The number of nitrogens with one attached hydrogen (secondary N) is 6. The van der Waals surface area contributed by atoms with Gasteiger partial charge in [-0.2, -0.15) is 0 Å². The number of primary amides is 1. The molecule has 0 aliphatic carbocycles. The molecule has 29 heteroatoms. The van der Waals surface area contributed by atoms with Crippen LogP contribution in [0.15, 0.2) is 110 Å².